The van der Waals surface area contributed by atoms with Gasteiger partial charge in [-0.1, -0.05) is 24.3 Å². The molecule has 3 amide bonds. The van der Waals surface area contributed by atoms with Crippen LogP contribution in [0.3, 0.4) is 0 Å². The lowest BCUT2D eigenvalue weighted by Crippen LogP contribution is -2.31. The van der Waals surface area contributed by atoms with Crippen molar-refractivity contribution in [1.29, 1.82) is 0 Å². The molecule has 1 saturated heterocycles. The summed E-state index contributed by atoms with van der Waals surface area (Å²) in [5.74, 6) is 0.374. The summed E-state index contributed by atoms with van der Waals surface area (Å²) < 4.78 is 0. The van der Waals surface area contributed by atoms with Crippen LogP contribution in [-0.2, 0) is 17.6 Å². The van der Waals surface area contributed by atoms with E-state index < -0.39 is 0 Å². The molecule has 2 aliphatic rings. The Bertz CT molecular complexity index is 819. The van der Waals surface area contributed by atoms with Crippen LogP contribution in [0.15, 0.2) is 29.6 Å². The second-order valence-corrected chi connectivity index (χ2v) is 7.61. The second kappa shape index (κ2) is 7.45. The molecular weight excluding hydrogens is 348 g/mol. The predicted octanol–water partition coefficient (Wildman–Crippen LogP) is 2.45. The van der Waals surface area contributed by atoms with Crippen LogP contribution in [0.2, 0.25) is 0 Å². The SMILES string of the molecule is O=C(Cc1csc(N2CCNC2=O)n1)NC[C@H]1CCCc2ccccc21. The molecule has 1 atom stereocenters. The molecule has 0 saturated carbocycles. The fourth-order valence-corrected chi connectivity index (χ4v) is 4.54. The zero-order chi connectivity index (χ0) is 17.9. The number of anilines is 1. The zero-order valence-corrected chi connectivity index (χ0v) is 15.3. The predicted molar refractivity (Wildman–Crippen MR) is 102 cm³/mol. The molecule has 2 N–H and O–H groups in total. The number of rotatable bonds is 5. The van der Waals surface area contributed by atoms with E-state index in [0.717, 1.165) is 12.8 Å². The highest BCUT2D eigenvalue weighted by Crippen LogP contribution is 2.30. The first-order valence-corrected chi connectivity index (χ1v) is 9.93. The summed E-state index contributed by atoms with van der Waals surface area (Å²) >= 11 is 1.40. The van der Waals surface area contributed by atoms with Crippen LogP contribution in [0.4, 0.5) is 9.93 Å². The van der Waals surface area contributed by atoms with E-state index in [9.17, 15) is 9.59 Å². The number of hydrogen-bond donors (Lipinski definition) is 2. The maximum Gasteiger partial charge on any atom is 0.323 e. The van der Waals surface area contributed by atoms with E-state index in [4.69, 9.17) is 0 Å². The highest BCUT2D eigenvalue weighted by atomic mass is 32.1. The lowest BCUT2D eigenvalue weighted by molar-refractivity contribution is -0.120. The van der Waals surface area contributed by atoms with E-state index >= 15 is 0 Å². The van der Waals surface area contributed by atoms with Gasteiger partial charge >= 0.3 is 6.03 Å². The number of aromatic nitrogens is 1. The Morgan fingerprint density at radius 3 is 3.12 bits per heavy atom. The number of benzene rings is 1. The number of aryl methyl sites for hydroxylation is 1. The number of hydrogen-bond acceptors (Lipinski definition) is 4. The molecule has 26 heavy (non-hydrogen) atoms. The van der Waals surface area contributed by atoms with Gasteiger partial charge in [0.1, 0.15) is 0 Å². The molecular formula is C19H22N4O2S. The Hall–Kier alpha value is -2.41. The maximum absolute atomic E-state index is 12.3. The molecule has 4 rings (SSSR count). The van der Waals surface area contributed by atoms with Gasteiger partial charge in [0, 0.05) is 30.9 Å². The fourth-order valence-electron chi connectivity index (χ4n) is 3.69. The molecule has 0 bridgehead atoms. The average Bonchev–Trinajstić information content (AvgIpc) is 3.28. The molecule has 2 heterocycles. The number of carbonyl (C=O) groups excluding carboxylic acids is 2. The minimum atomic E-state index is -0.119. The minimum absolute atomic E-state index is 0.0178. The number of fused-ring (bicyclic) bond motifs is 1. The highest BCUT2D eigenvalue weighted by Gasteiger charge is 2.24. The van der Waals surface area contributed by atoms with E-state index in [2.05, 4.69) is 39.9 Å². The average molecular weight is 370 g/mol. The third-order valence-electron chi connectivity index (χ3n) is 5.01. The van der Waals surface area contributed by atoms with Crippen LogP contribution in [-0.4, -0.2) is 36.6 Å². The van der Waals surface area contributed by atoms with Crippen molar-refractivity contribution >= 4 is 28.4 Å². The van der Waals surface area contributed by atoms with Gasteiger partial charge in [-0.05, 0) is 30.4 Å². The van der Waals surface area contributed by atoms with Crippen molar-refractivity contribution in [2.75, 3.05) is 24.5 Å². The van der Waals surface area contributed by atoms with Gasteiger partial charge in [-0.2, -0.15) is 0 Å². The maximum atomic E-state index is 12.3. The van der Waals surface area contributed by atoms with E-state index in [1.54, 1.807) is 4.90 Å². The van der Waals surface area contributed by atoms with Gasteiger partial charge < -0.3 is 10.6 Å². The van der Waals surface area contributed by atoms with Gasteiger partial charge in [0.15, 0.2) is 5.13 Å². The summed E-state index contributed by atoms with van der Waals surface area (Å²) in [6.07, 6.45) is 3.67. The standard InChI is InChI=1S/C19H22N4O2S/c24-17(10-15-12-26-19(22-15)23-9-8-20-18(23)25)21-11-14-6-3-5-13-4-1-2-7-16(13)14/h1-2,4,7,12,14H,3,5-6,8-11H2,(H,20,25)(H,21,24)/t14-/m1/s1. The number of nitrogens with zero attached hydrogens (tertiary/aromatic N) is 2. The summed E-state index contributed by atoms with van der Waals surface area (Å²) in [6, 6.07) is 8.41. The third-order valence-corrected chi connectivity index (χ3v) is 5.92. The lowest BCUT2D eigenvalue weighted by Gasteiger charge is -2.25. The van der Waals surface area contributed by atoms with E-state index in [-0.39, 0.29) is 18.4 Å². The first-order chi connectivity index (χ1) is 12.7. The minimum Gasteiger partial charge on any atom is -0.355 e. The van der Waals surface area contributed by atoms with Gasteiger partial charge in [-0.15, -0.1) is 11.3 Å². The van der Waals surface area contributed by atoms with Crippen LogP contribution >= 0.6 is 11.3 Å². The van der Waals surface area contributed by atoms with Crippen molar-refractivity contribution in [3.8, 4) is 0 Å². The Labute approximate surface area is 156 Å². The highest BCUT2D eigenvalue weighted by molar-refractivity contribution is 7.14. The number of urea groups is 1. The summed E-state index contributed by atoms with van der Waals surface area (Å²) in [7, 11) is 0. The largest absolute Gasteiger partial charge is 0.355 e. The van der Waals surface area contributed by atoms with Gasteiger partial charge in [-0.3, -0.25) is 9.69 Å². The number of thiazole rings is 1. The molecule has 1 aromatic carbocycles. The summed E-state index contributed by atoms with van der Waals surface area (Å²) in [5, 5.41) is 8.33. The number of nitrogens with one attached hydrogen (secondary N) is 2. The van der Waals surface area contributed by atoms with Crippen LogP contribution in [0.1, 0.15) is 35.6 Å². The summed E-state index contributed by atoms with van der Waals surface area (Å²) in [5.41, 5.74) is 3.49. The van der Waals surface area contributed by atoms with Crippen molar-refractivity contribution in [3.05, 3.63) is 46.5 Å². The summed E-state index contributed by atoms with van der Waals surface area (Å²) in [4.78, 5) is 30.1. The molecule has 1 fully saturated rings. The monoisotopic (exact) mass is 370 g/mol. The topological polar surface area (TPSA) is 74.3 Å². The van der Waals surface area contributed by atoms with Gasteiger partial charge in [0.25, 0.3) is 0 Å². The van der Waals surface area contributed by atoms with E-state index in [0.29, 0.717) is 36.4 Å². The first kappa shape index (κ1) is 17.0. The Kier molecular flexibility index (Phi) is 4.88. The normalized spacial score (nSPS) is 19.2. The van der Waals surface area contributed by atoms with Crippen molar-refractivity contribution in [1.82, 2.24) is 15.6 Å². The zero-order valence-electron chi connectivity index (χ0n) is 14.5. The Balaban J connectivity index is 1.32. The van der Waals surface area contributed by atoms with E-state index in [1.165, 1.54) is 28.9 Å². The molecule has 0 unspecified atom stereocenters. The van der Waals surface area contributed by atoms with Crippen molar-refractivity contribution in [2.45, 2.75) is 31.6 Å². The Morgan fingerprint density at radius 2 is 2.27 bits per heavy atom. The Morgan fingerprint density at radius 1 is 1.38 bits per heavy atom. The fraction of sp³-hybridized carbons (Fsp3) is 0.421. The quantitative estimate of drug-likeness (QED) is 0.849. The molecule has 1 aromatic heterocycles. The number of carbonyl (C=O) groups is 2. The molecule has 2 aromatic rings. The smallest absolute Gasteiger partial charge is 0.323 e. The van der Waals surface area contributed by atoms with Gasteiger partial charge in [-0.25, -0.2) is 9.78 Å². The molecule has 1 aliphatic heterocycles. The third kappa shape index (κ3) is 3.58. The van der Waals surface area contributed by atoms with Crippen LogP contribution in [0, 0.1) is 0 Å². The molecule has 0 spiro atoms. The van der Waals surface area contributed by atoms with E-state index in [1.807, 2.05) is 5.38 Å². The molecule has 0 radical (unpaired) electrons. The molecule has 6 nitrogen and oxygen atoms in total. The van der Waals surface area contributed by atoms with Crippen molar-refractivity contribution < 1.29 is 9.59 Å². The van der Waals surface area contributed by atoms with Crippen LogP contribution < -0.4 is 15.5 Å². The number of amides is 3. The first-order valence-electron chi connectivity index (χ1n) is 9.05. The van der Waals surface area contributed by atoms with Crippen molar-refractivity contribution in [3.63, 3.8) is 0 Å². The van der Waals surface area contributed by atoms with Crippen LogP contribution in [0.25, 0.3) is 0 Å². The molecule has 1 aliphatic carbocycles. The molecule has 7 heteroatoms. The lowest BCUT2D eigenvalue weighted by atomic mass is 9.83. The van der Waals surface area contributed by atoms with Crippen molar-refractivity contribution in [2.24, 2.45) is 0 Å². The second-order valence-electron chi connectivity index (χ2n) is 6.77. The molecule has 136 valence electrons. The van der Waals surface area contributed by atoms with Crippen LogP contribution in [0.5, 0.6) is 0 Å². The van der Waals surface area contributed by atoms with Gasteiger partial charge in [0.05, 0.1) is 12.1 Å². The van der Waals surface area contributed by atoms with Gasteiger partial charge in [0.2, 0.25) is 5.91 Å². The summed E-state index contributed by atoms with van der Waals surface area (Å²) in [6.45, 7) is 1.93.